The molecule has 0 spiro atoms. The second-order valence-corrected chi connectivity index (χ2v) is 5.83. The summed E-state index contributed by atoms with van der Waals surface area (Å²) in [5.74, 6) is 1.31. The Morgan fingerprint density at radius 1 is 1.30 bits per heavy atom. The van der Waals surface area contributed by atoms with E-state index in [0.29, 0.717) is 25.3 Å². The van der Waals surface area contributed by atoms with Crippen molar-refractivity contribution >= 4 is 11.8 Å². The van der Waals surface area contributed by atoms with Crippen molar-refractivity contribution in [2.75, 3.05) is 13.6 Å². The molecule has 2 aromatic heterocycles. The number of carbonyl (C=O) groups excluding carboxylic acids is 2. The number of hydrogen-bond acceptors (Lipinski definition) is 5. The van der Waals surface area contributed by atoms with E-state index < -0.39 is 0 Å². The van der Waals surface area contributed by atoms with Gasteiger partial charge in [0.1, 0.15) is 11.5 Å². The number of aromatic nitrogens is 5. The van der Waals surface area contributed by atoms with Gasteiger partial charge in [-0.1, -0.05) is 0 Å². The van der Waals surface area contributed by atoms with Crippen LogP contribution in [0.5, 0.6) is 0 Å². The minimum absolute atomic E-state index is 0.113. The minimum atomic E-state index is -0.308. The fourth-order valence-corrected chi connectivity index (χ4v) is 3.00. The third-order valence-electron chi connectivity index (χ3n) is 4.32. The van der Waals surface area contributed by atoms with E-state index in [4.69, 9.17) is 0 Å². The van der Waals surface area contributed by atoms with Gasteiger partial charge in [-0.2, -0.15) is 5.10 Å². The highest BCUT2D eigenvalue weighted by atomic mass is 16.2. The van der Waals surface area contributed by atoms with E-state index >= 15 is 0 Å². The predicted molar refractivity (Wildman–Crippen MR) is 78.7 cm³/mol. The quantitative estimate of drug-likeness (QED) is 0.818. The third kappa shape index (κ3) is 2.28. The molecular formula is C14H17N7O2. The standard InChI is InChI=1S/C14H17N7O2/c1-19-5-6-21-10(14(19)23)7-9(18-21)13(22)15-8-12-17-16-11-3-2-4-20(11)12/h7H,2-6,8H2,1H3,(H,15,22). The van der Waals surface area contributed by atoms with Gasteiger partial charge in [0.05, 0.1) is 13.1 Å². The Kier molecular flexibility index (Phi) is 3.14. The van der Waals surface area contributed by atoms with Crippen LogP contribution in [0.15, 0.2) is 6.07 Å². The maximum absolute atomic E-state index is 12.3. The zero-order valence-corrected chi connectivity index (χ0v) is 12.8. The van der Waals surface area contributed by atoms with Gasteiger partial charge in [-0.05, 0) is 6.42 Å². The van der Waals surface area contributed by atoms with Crippen LogP contribution in [0.3, 0.4) is 0 Å². The van der Waals surface area contributed by atoms with E-state index in [9.17, 15) is 9.59 Å². The van der Waals surface area contributed by atoms with Crippen molar-refractivity contribution in [2.45, 2.75) is 32.5 Å². The second-order valence-electron chi connectivity index (χ2n) is 5.83. The highest BCUT2D eigenvalue weighted by Crippen LogP contribution is 2.15. The van der Waals surface area contributed by atoms with E-state index in [1.165, 1.54) is 0 Å². The van der Waals surface area contributed by atoms with Crippen molar-refractivity contribution in [3.8, 4) is 0 Å². The molecule has 0 unspecified atom stereocenters. The monoisotopic (exact) mass is 315 g/mol. The molecule has 2 aromatic rings. The average molecular weight is 315 g/mol. The zero-order valence-electron chi connectivity index (χ0n) is 12.8. The number of amides is 2. The fraction of sp³-hybridized carbons (Fsp3) is 0.500. The lowest BCUT2D eigenvalue weighted by Crippen LogP contribution is -2.37. The molecule has 4 heterocycles. The summed E-state index contributed by atoms with van der Waals surface area (Å²) in [5, 5.41) is 15.2. The number of fused-ring (bicyclic) bond motifs is 2. The van der Waals surface area contributed by atoms with Gasteiger partial charge in [-0.15, -0.1) is 10.2 Å². The lowest BCUT2D eigenvalue weighted by atomic mass is 10.2. The number of carbonyl (C=O) groups is 2. The smallest absolute Gasteiger partial charge is 0.272 e. The SMILES string of the molecule is CN1CCn2nc(C(=O)NCc3nnc4n3CCC4)cc2C1=O. The first kappa shape index (κ1) is 13.9. The van der Waals surface area contributed by atoms with Crippen LogP contribution in [0.4, 0.5) is 0 Å². The summed E-state index contributed by atoms with van der Waals surface area (Å²) in [6, 6.07) is 1.54. The van der Waals surface area contributed by atoms with Crippen molar-refractivity contribution < 1.29 is 9.59 Å². The van der Waals surface area contributed by atoms with Gasteiger partial charge in [-0.3, -0.25) is 14.3 Å². The van der Waals surface area contributed by atoms with Gasteiger partial charge in [0.2, 0.25) is 0 Å². The number of likely N-dealkylation sites (N-methyl/N-ethyl adjacent to an activating group) is 1. The van der Waals surface area contributed by atoms with Crippen LogP contribution in [0.25, 0.3) is 0 Å². The molecule has 0 fully saturated rings. The lowest BCUT2D eigenvalue weighted by Gasteiger charge is -2.22. The number of aryl methyl sites for hydroxylation is 1. The van der Waals surface area contributed by atoms with Crippen LogP contribution >= 0.6 is 0 Å². The maximum atomic E-state index is 12.3. The summed E-state index contributed by atoms with van der Waals surface area (Å²) in [4.78, 5) is 25.9. The first-order chi connectivity index (χ1) is 11.1. The summed E-state index contributed by atoms with van der Waals surface area (Å²) < 4.78 is 3.63. The summed E-state index contributed by atoms with van der Waals surface area (Å²) in [6.45, 7) is 2.40. The normalized spacial score (nSPS) is 16.4. The lowest BCUT2D eigenvalue weighted by molar-refractivity contribution is 0.0742. The fourth-order valence-electron chi connectivity index (χ4n) is 3.00. The number of nitrogens with one attached hydrogen (secondary N) is 1. The highest BCUT2D eigenvalue weighted by Gasteiger charge is 2.26. The number of hydrogen-bond donors (Lipinski definition) is 1. The molecule has 0 aromatic carbocycles. The molecule has 2 aliphatic heterocycles. The Hall–Kier alpha value is -2.71. The van der Waals surface area contributed by atoms with Crippen molar-refractivity contribution in [2.24, 2.45) is 0 Å². The molecule has 0 saturated heterocycles. The van der Waals surface area contributed by atoms with E-state index in [-0.39, 0.29) is 17.5 Å². The van der Waals surface area contributed by atoms with Crippen LogP contribution in [0.1, 0.15) is 39.0 Å². The molecule has 120 valence electrons. The summed E-state index contributed by atoms with van der Waals surface area (Å²) >= 11 is 0. The molecule has 0 saturated carbocycles. The first-order valence-corrected chi connectivity index (χ1v) is 7.66. The van der Waals surface area contributed by atoms with Crippen molar-refractivity contribution in [1.29, 1.82) is 0 Å². The predicted octanol–water partition coefficient (Wildman–Crippen LogP) is -0.564. The van der Waals surface area contributed by atoms with Crippen molar-refractivity contribution in [3.05, 3.63) is 29.1 Å². The van der Waals surface area contributed by atoms with E-state index in [1.807, 2.05) is 4.57 Å². The Balaban J connectivity index is 1.47. The second kappa shape index (κ2) is 5.18. The van der Waals surface area contributed by atoms with Crippen molar-refractivity contribution in [1.82, 2.24) is 34.8 Å². The van der Waals surface area contributed by atoms with E-state index in [0.717, 1.165) is 31.0 Å². The molecule has 23 heavy (non-hydrogen) atoms. The molecule has 9 nitrogen and oxygen atoms in total. The van der Waals surface area contributed by atoms with Gasteiger partial charge in [0.25, 0.3) is 11.8 Å². The van der Waals surface area contributed by atoms with Gasteiger partial charge >= 0.3 is 0 Å². The Morgan fingerprint density at radius 3 is 3.04 bits per heavy atom. The zero-order chi connectivity index (χ0) is 16.0. The Labute approximate surface area is 132 Å². The number of nitrogens with zero attached hydrogens (tertiary/aromatic N) is 6. The largest absolute Gasteiger partial charge is 0.343 e. The Bertz CT molecular complexity index is 791. The van der Waals surface area contributed by atoms with Gasteiger partial charge in [0, 0.05) is 32.6 Å². The van der Waals surface area contributed by atoms with Crippen LogP contribution in [-0.4, -0.2) is 54.9 Å². The molecule has 0 bridgehead atoms. The maximum Gasteiger partial charge on any atom is 0.272 e. The topological polar surface area (TPSA) is 97.9 Å². The van der Waals surface area contributed by atoms with Crippen LogP contribution < -0.4 is 5.32 Å². The van der Waals surface area contributed by atoms with Crippen LogP contribution in [0.2, 0.25) is 0 Å². The van der Waals surface area contributed by atoms with Gasteiger partial charge in [0.15, 0.2) is 11.5 Å². The first-order valence-electron chi connectivity index (χ1n) is 7.66. The summed E-state index contributed by atoms with van der Waals surface area (Å²) in [6.07, 6.45) is 2.00. The molecular weight excluding hydrogens is 298 g/mol. The molecule has 2 aliphatic rings. The molecule has 2 amide bonds. The summed E-state index contributed by atoms with van der Waals surface area (Å²) in [5.41, 5.74) is 0.706. The molecule has 0 radical (unpaired) electrons. The minimum Gasteiger partial charge on any atom is -0.343 e. The number of rotatable bonds is 3. The van der Waals surface area contributed by atoms with Gasteiger partial charge < -0.3 is 14.8 Å². The third-order valence-corrected chi connectivity index (χ3v) is 4.32. The van der Waals surface area contributed by atoms with Gasteiger partial charge in [-0.25, -0.2) is 0 Å². The van der Waals surface area contributed by atoms with Crippen LogP contribution in [-0.2, 0) is 26.1 Å². The Morgan fingerprint density at radius 2 is 2.17 bits per heavy atom. The average Bonchev–Trinajstić information content (AvgIpc) is 3.23. The van der Waals surface area contributed by atoms with E-state index in [1.54, 1.807) is 22.7 Å². The summed E-state index contributed by atoms with van der Waals surface area (Å²) in [7, 11) is 1.74. The molecule has 0 atom stereocenters. The highest BCUT2D eigenvalue weighted by molar-refractivity contribution is 5.98. The molecule has 4 rings (SSSR count). The van der Waals surface area contributed by atoms with Crippen LogP contribution in [0, 0.1) is 0 Å². The molecule has 1 N–H and O–H groups in total. The van der Waals surface area contributed by atoms with E-state index in [2.05, 4.69) is 20.6 Å². The molecule has 9 heteroatoms. The van der Waals surface area contributed by atoms with Crippen molar-refractivity contribution in [3.63, 3.8) is 0 Å². The molecule has 0 aliphatic carbocycles.